The molecule has 0 saturated carbocycles. The minimum absolute atomic E-state index is 0.0572. The number of nitrogens with zero attached hydrogens (tertiary/aromatic N) is 2. The highest BCUT2D eigenvalue weighted by Crippen LogP contribution is 2.32. The van der Waals surface area contributed by atoms with Crippen molar-refractivity contribution in [2.24, 2.45) is 0 Å². The fourth-order valence-electron chi connectivity index (χ4n) is 2.86. The summed E-state index contributed by atoms with van der Waals surface area (Å²) in [6.07, 6.45) is 0.495. The van der Waals surface area contributed by atoms with Gasteiger partial charge in [-0.15, -0.1) is 21.5 Å². The third-order valence-electron chi connectivity index (χ3n) is 4.38. The van der Waals surface area contributed by atoms with E-state index >= 15 is 0 Å². The quantitative estimate of drug-likeness (QED) is 0.383. The van der Waals surface area contributed by atoms with Gasteiger partial charge < -0.3 is 9.57 Å². The van der Waals surface area contributed by atoms with Crippen molar-refractivity contribution in [3.63, 3.8) is 0 Å². The monoisotopic (exact) mass is 402 g/mol. The normalized spacial score (nSPS) is 11.5. The summed E-state index contributed by atoms with van der Waals surface area (Å²) in [6, 6.07) is 12.4. The van der Waals surface area contributed by atoms with Crippen LogP contribution in [-0.2, 0) is 11.3 Å². The molecule has 1 aromatic heterocycles. The minimum Gasteiger partial charge on any atom is -0.497 e. The zero-order chi connectivity index (χ0) is 20.7. The summed E-state index contributed by atoms with van der Waals surface area (Å²) in [7, 11) is 1.66. The van der Waals surface area contributed by atoms with Crippen LogP contribution >= 0.6 is 11.3 Å². The van der Waals surface area contributed by atoms with Crippen LogP contribution in [0.3, 0.4) is 0 Å². The molecule has 3 rings (SSSR count). The molecule has 6 nitrogen and oxygen atoms in total. The Morgan fingerprint density at radius 3 is 2.54 bits per heavy atom. The largest absolute Gasteiger partial charge is 0.497 e. The van der Waals surface area contributed by atoms with Crippen molar-refractivity contribution >= 4 is 22.1 Å². The highest BCUT2D eigenvalue weighted by atomic mass is 32.1. The number of aromatic nitrogens is 1. The first-order valence-corrected chi connectivity index (χ1v) is 10.1. The molecule has 0 aliphatic rings. The second-order valence-electron chi connectivity index (χ2n) is 6.06. The number of methoxy groups -OCH3 is 1. The first-order chi connectivity index (χ1) is 13.5. The van der Waals surface area contributed by atoms with Crippen molar-refractivity contribution in [3.05, 3.63) is 67.7 Å². The Hall–Kier alpha value is -2.67. The number of benzene rings is 2. The highest BCUT2D eigenvalue weighted by Gasteiger charge is 2.16. The van der Waals surface area contributed by atoms with Gasteiger partial charge in [0.05, 0.1) is 12.8 Å². The summed E-state index contributed by atoms with van der Waals surface area (Å²) in [4.78, 5) is 20.4. The molecule has 0 fully saturated rings. The predicted octanol–water partition coefficient (Wildman–Crippen LogP) is 5.54. The number of rotatable bonds is 7. The van der Waals surface area contributed by atoms with E-state index in [4.69, 9.17) is 4.74 Å². The van der Waals surface area contributed by atoms with Crippen molar-refractivity contribution in [2.75, 3.05) is 13.7 Å². The van der Waals surface area contributed by atoms with Crippen LogP contribution in [0, 0.1) is 17.0 Å². The van der Waals surface area contributed by atoms with Gasteiger partial charge in [0, 0.05) is 17.2 Å². The van der Waals surface area contributed by atoms with Crippen LogP contribution in [0.25, 0.3) is 10.8 Å². The van der Waals surface area contributed by atoms with Gasteiger partial charge in [0.25, 0.3) is 5.09 Å². The van der Waals surface area contributed by atoms with Gasteiger partial charge in [-0.1, -0.05) is 45.0 Å². The smallest absolute Gasteiger partial charge is 0.294 e. The van der Waals surface area contributed by atoms with Gasteiger partial charge in [-0.3, -0.25) is 0 Å². The molecule has 0 amide bonds. The topological polar surface area (TPSA) is 74.5 Å². The van der Waals surface area contributed by atoms with Gasteiger partial charge in [-0.25, -0.2) is 4.98 Å². The molecule has 0 spiro atoms. The fourth-order valence-corrected chi connectivity index (χ4v) is 3.99. The van der Waals surface area contributed by atoms with E-state index in [-0.39, 0.29) is 12.5 Å². The average Bonchev–Trinajstić information content (AvgIpc) is 3.08. The SMILES string of the molecule is CC.COc1ccc2cc(C(C)c3nc(C)c(CCO[N+](=O)[O-])s3)ccc2c1. The lowest BCUT2D eigenvalue weighted by Gasteiger charge is -2.11. The fraction of sp³-hybridized carbons (Fsp3) is 0.381. The number of fused-ring (bicyclic) bond motifs is 1. The zero-order valence-corrected chi connectivity index (χ0v) is 17.7. The molecule has 0 bridgehead atoms. The van der Waals surface area contributed by atoms with Gasteiger partial charge in [-0.05, 0) is 35.4 Å². The third-order valence-corrected chi connectivity index (χ3v) is 5.78. The van der Waals surface area contributed by atoms with Gasteiger partial charge >= 0.3 is 0 Å². The van der Waals surface area contributed by atoms with E-state index in [1.165, 1.54) is 5.56 Å². The summed E-state index contributed by atoms with van der Waals surface area (Å²) >= 11 is 1.59. The molecule has 1 atom stereocenters. The van der Waals surface area contributed by atoms with E-state index in [1.54, 1.807) is 18.4 Å². The molecule has 0 saturated heterocycles. The maximum Gasteiger partial charge on any atom is 0.294 e. The highest BCUT2D eigenvalue weighted by molar-refractivity contribution is 7.11. The van der Waals surface area contributed by atoms with Crippen LogP contribution in [0.1, 0.15) is 47.8 Å². The average molecular weight is 403 g/mol. The van der Waals surface area contributed by atoms with Gasteiger partial charge in [-0.2, -0.15) is 0 Å². The molecule has 1 heterocycles. The van der Waals surface area contributed by atoms with E-state index in [2.05, 4.69) is 41.0 Å². The van der Waals surface area contributed by atoms with Crippen molar-refractivity contribution in [3.8, 4) is 5.75 Å². The van der Waals surface area contributed by atoms with Crippen molar-refractivity contribution < 1.29 is 14.7 Å². The maximum absolute atomic E-state index is 10.3. The maximum atomic E-state index is 10.3. The summed E-state index contributed by atoms with van der Waals surface area (Å²) in [5.74, 6) is 0.991. The lowest BCUT2D eigenvalue weighted by atomic mass is 9.98. The molecular formula is C21H26N2O4S. The Morgan fingerprint density at radius 2 is 1.86 bits per heavy atom. The molecule has 2 aromatic carbocycles. The summed E-state index contributed by atoms with van der Waals surface area (Å²) in [5, 5.41) is 12.8. The molecule has 3 aromatic rings. The first-order valence-electron chi connectivity index (χ1n) is 9.29. The first kappa shape index (κ1) is 21.6. The lowest BCUT2D eigenvalue weighted by molar-refractivity contribution is -0.757. The Labute approximate surface area is 169 Å². The second-order valence-corrected chi connectivity index (χ2v) is 7.18. The number of ether oxygens (including phenoxy) is 1. The summed E-state index contributed by atoms with van der Waals surface area (Å²) in [6.45, 7) is 8.11. The van der Waals surface area contributed by atoms with Gasteiger partial charge in [0.1, 0.15) is 17.4 Å². The third kappa shape index (κ3) is 5.19. The van der Waals surface area contributed by atoms with E-state index in [9.17, 15) is 10.1 Å². The van der Waals surface area contributed by atoms with Crippen LogP contribution in [0.4, 0.5) is 0 Å². The predicted molar refractivity (Wildman–Crippen MR) is 113 cm³/mol. The standard InChI is InChI=1S/C19H20N2O4S.C2H6/c1-12(19-20-13(2)18(26-19)8-9-25-21(22)23)14-4-5-16-11-17(24-3)7-6-15(16)10-14;1-2/h4-7,10-12H,8-9H2,1-3H3;1-2H3. The number of hydrogen-bond donors (Lipinski definition) is 0. The van der Waals surface area contributed by atoms with Crippen LogP contribution in [-0.4, -0.2) is 23.8 Å². The molecular weight excluding hydrogens is 376 g/mol. The zero-order valence-electron chi connectivity index (χ0n) is 16.9. The molecule has 0 aliphatic carbocycles. The summed E-state index contributed by atoms with van der Waals surface area (Å²) in [5.41, 5.74) is 2.10. The number of thiazole rings is 1. The molecule has 150 valence electrons. The molecule has 7 heteroatoms. The molecule has 0 N–H and O–H groups in total. The van der Waals surface area contributed by atoms with E-state index in [0.717, 1.165) is 32.1 Å². The molecule has 0 aliphatic heterocycles. The van der Waals surface area contributed by atoms with Gasteiger partial charge in [0.2, 0.25) is 0 Å². The van der Waals surface area contributed by atoms with E-state index in [0.29, 0.717) is 6.42 Å². The molecule has 28 heavy (non-hydrogen) atoms. The van der Waals surface area contributed by atoms with Crippen molar-refractivity contribution in [1.29, 1.82) is 0 Å². The Bertz CT molecular complexity index is 939. The summed E-state index contributed by atoms with van der Waals surface area (Å²) < 4.78 is 5.27. The molecule has 0 radical (unpaired) electrons. The number of hydrogen-bond acceptors (Lipinski definition) is 6. The molecule has 1 unspecified atom stereocenters. The number of aryl methyl sites for hydroxylation is 1. The Kier molecular flexibility index (Phi) is 7.75. The van der Waals surface area contributed by atoms with Crippen LogP contribution in [0.5, 0.6) is 5.75 Å². The van der Waals surface area contributed by atoms with E-state index < -0.39 is 5.09 Å². The van der Waals surface area contributed by atoms with Crippen LogP contribution in [0.2, 0.25) is 0 Å². The Morgan fingerprint density at radius 1 is 1.18 bits per heavy atom. The second kappa shape index (κ2) is 10.0. The van der Waals surface area contributed by atoms with Gasteiger partial charge in [0.15, 0.2) is 0 Å². The van der Waals surface area contributed by atoms with Crippen molar-refractivity contribution in [1.82, 2.24) is 4.98 Å². The lowest BCUT2D eigenvalue weighted by Crippen LogP contribution is -2.04. The van der Waals surface area contributed by atoms with Crippen LogP contribution in [0.15, 0.2) is 36.4 Å². The Balaban J connectivity index is 0.00000136. The minimum atomic E-state index is -0.760. The van der Waals surface area contributed by atoms with E-state index in [1.807, 2.05) is 32.9 Å². The van der Waals surface area contributed by atoms with Crippen LogP contribution < -0.4 is 4.74 Å². The van der Waals surface area contributed by atoms with Crippen molar-refractivity contribution in [2.45, 2.75) is 40.0 Å².